The van der Waals surface area contributed by atoms with Crippen molar-refractivity contribution >= 4 is 15.9 Å². The molecule has 4 heteroatoms. The second-order valence-corrected chi connectivity index (χ2v) is 5.98. The smallest absolute Gasteiger partial charge is 0.134 e. The lowest BCUT2D eigenvalue weighted by atomic mass is 9.97. The quantitative estimate of drug-likeness (QED) is 0.897. The summed E-state index contributed by atoms with van der Waals surface area (Å²) in [6.07, 6.45) is 2.54. The van der Waals surface area contributed by atoms with Gasteiger partial charge < -0.3 is 15.3 Å². The zero-order chi connectivity index (χ0) is 13.0. The van der Waals surface area contributed by atoms with E-state index < -0.39 is 0 Å². The minimum Gasteiger partial charge on any atom is -0.506 e. The van der Waals surface area contributed by atoms with Gasteiger partial charge in [-0.25, -0.2) is 0 Å². The molecule has 1 heterocycles. The Bertz CT molecular complexity index is 389. The summed E-state index contributed by atoms with van der Waals surface area (Å²) in [7, 11) is 2.18. The van der Waals surface area contributed by atoms with E-state index in [1.807, 2.05) is 18.2 Å². The molecule has 0 amide bonds. The van der Waals surface area contributed by atoms with Crippen molar-refractivity contribution in [3.05, 3.63) is 28.2 Å². The third kappa shape index (κ3) is 3.70. The number of piperidine rings is 1. The maximum absolute atomic E-state index is 9.88. The van der Waals surface area contributed by atoms with E-state index in [0.717, 1.165) is 29.0 Å². The van der Waals surface area contributed by atoms with E-state index in [2.05, 4.69) is 33.2 Å². The van der Waals surface area contributed by atoms with Crippen LogP contribution >= 0.6 is 15.9 Å². The predicted molar refractivity (Wildman–Crippen MR) is 77.7 cm³/mol. The number of aromatic hydroxyl groups is 1. The summed E-state index contributed by atoms with van der Waals surface area (Å²) in [5, 5.41) is 13.3. The van der Waals surface area contributed by atoms with E-state index in [-0.39, 0.29) is 0 Å². The number of nitrogens with zero attached hydrogens (tertiary/aromatic N) is 1. The molecule has 0 saturated carbocycles. The Kier molecular flexibility index (Phi) is 5.03. The molecule has 1 fully saturated rings. The highest BCUT2D eigenvalue weighted by Gasteiger charge is 2.16. The van der Waals surface area contributed by atoms with Crippen molar-refractivity contribution in [2.75, 3.05) is 26.7 Å². The van der Waals surface area contributed by atoms with Gasteiger partial charge in [0.2, 0.25) is 0 Å². The molecule has 1 aliphatic heterocycles. The molecule has 0 unspecified atom stereocenters. The van der Waals surface area contributed by atoms with Gasteiger partial charge in [-0.05, 0) is 67.4 Å². The molecular weight excluding hydrogens is 292 g/mol. The molecule has 1 aliphatic rings. The Morgan fingerprint density at radius 1 is 1.39 bits per heavy atom. The van der Waals surface area contributed by atoms with Crippen molar-refractivity contribution in [2.24, 2.45) is 5.92 Å². The molecule has 0 bridgehead atoms. The molecule has 0 aromatic heterocycles. The molecule has 3 nitrogen and oxygen atoms in total. The lowest BCUT2D eigenvalue weighted by Gasteiger charge is -2.29. The number of rotatable bonds is 4. The minimum absolute atomic E-state index is 0.355. The van der Waals surface area contributed by atoms with Crippen molar-refractivity contribution in [2.45, 2.75) is 19.4 Å². The molecule has 18 heavy (non-hydrogen) atoms. The van der Waals surface area contributed by atoms with Crippen LogP contribution in [-0.4, -0.2) is 36.7 Å². The minimum atomic E-state index is 0.355. The third-order valence-corrected chi connectivity index (χ3v) is 4.30. The summed E-state index contributed by atoms with van der Waals surface area (Å²) in [6.45, 7) is 4.18. The fourth-order valence-electron chi connectivity index (χ4n) is 2.38. The summed E-state index contributed by atoms with van der Waals surface area (Å²) >= 11 is 3.34. The van der Waals surface area contributed by atoms with E-state index in [1.54, 1.807) is 0 Å². The van der Waals surface area contributed by atoms with Crippen molar-refractivity contribution in [3.63, 3.8) is 0 Å². The van der Waals surface area contributed by atoms with Crippen molar-refractivity contribution in [1.82, 2.24) is 10.2 Å². The van der Waals surface area contributed by atoms with Gasteiger partial charge in [0, 0.05) is 12.1 Å². The van der Waals surface area contributed by atoms with Gasteiger partial charge in [-0.15, -0.1) is 0 Å². The average Bonchev–Trinajstić information content (AvgIpc) is 2.37. The number of phenols is 1. The van der Waals surface area contributed by atoms with Gasteiger partial charge in [-0.3, -0.25) is 0 Å². The molecule has 1 saturated heterocycles. The highest BCUT2D eigenvalue weighted by atomic mass is 79.9. The Balaban J connectivity index is 1.77. The summed E-state index contributed by atoms with van der Waals surface area (Å²) in [5.74, 6) is 1.13. The van der Waals surface area contributed by atoms with Crippen LogP contribution in [0.3, 0.4) is 0 Å². The van der Waals surface area contributed by atoms with Crippen LogP contribution in [0.5, 0.6) is 5.75 Å². The second kappa shape index (κ2) is 6.55. The molecule has 0 atom stereocenters. The number of halogens is 1. The standard InChI is InChI=1S/C14H21BrN2O/c1-17-7-5-11(6-8-17)9-16-10-12-3-2-4-13(15)14(12)18/h2-4,11,16,18H,5-10H2,1H3. The van der Waals surface area contributed by atoms with E-state index in [4.69, 9.17) is 0 Å². The van der Waals surface area contributed by atoms with Crippen LogP contribution < -0.4 is 5.32 Å². The molecule has 1 aromatic rings. The van der Waals surface area contributed by atoms with Gasteiger partial charge in [0.15, 0.2) is 0 Å². The zero-order valence-corrected chi connectivity index (χ0v) is 12.4. The van der Waals surface area contributed by atoms with Crippen LogP contribution in [0, 0.1) is 5.92 Å². The highest BCUT2D eigenvalue weighted by Crippen LogP contribution is 2.27. The Hall–Kier alpha value is -0.580. The van der Waals surface area contributed by atoms with Crippen LogP contribution in [0.2, 0.25) is 0 Å². The summed E-state index contributed by atoms with van der Waals surface area (Å²) in [4.78, 5) is 2.39. The van der Waals surface area contributed by atoms with Crippen LogP contribution in [0.25, 0.3) is 0 Å². The van der Waals surface area contributed by atoms with Gasteiger partial charge in [0.25, 0.3) is 0 Å². The third-order valence-electron chi connectivity index (χ3n) is 3.66. The SMILES string of the molecule is CN1CCC(CNCc2cccc(Br)c2O)CC1. The summed E-state index contributed by atoms with van der Waals surface area (Å²) in [5.41, 5.74) is 0.956. The number of benzene rings is 1. The summed E-state index contributed by atoms with van der Waals surface area (Å²) < 4.78 is 0.765. The topological polar surface area (TPSA) is 35.5 Å². The number of hydrogen-bond donors (Lipinski definition) is 2. The molecular formula is C14H21BrN2O. The largest absolute Gasteiger partial charge is 0.506 e. The lowest BCUT2D eigenvalue weighted by Crippen LogP contribution is -2.34. The predicted octanol–water partition coefficient (Wildman–Crippen LogP) is 2.59. The van der Waals surface area contributed by atoms with Gasteiger partial charge in [0.1, 0.15) is 5.75 Å². The van der Waals surface area contributed by atoms with E-state index in [1.165, 1.54) is 25.9 Å². The molecule has 2 rings (SSSR count). The molecule has 0 spiro atoms. The lowest BCUT2D eigenvalue weighted by molar-refractivity contribution is 0.216. The fourth-order valence-corrected chi connectivity index (χ4v) is 2.79. The van der Waals surface area contributed by atoms with E-state index >= 15 is 0 Å². The first-order chi connectivity index (χ1) is 8.66. The number of para-hydroxylation sites is 1. The molecule has 100 valence electrons. The second-order valence-electron chi connectivity index (χ2n) is 5.13. The Morgan fingerprint density at radius 3 is 2.83 bits per heavy atom. The molecule has 1 aromatic carbocycles. The first-order valence-corrected chi connectivity index (χ1v) is 7.31. The maximum Gasteiger partial charge on any atom is 0.134 e. The van der Waals surface area contributed by atoms with Gasteiger partial charge in [0.05, 0.1) is 4.47 Å². The van der Waals surface area contributed by atoms with Crippen LogP contribution in [0.1, 0.15) is 18.4 Å². The summed E-state index contributed by atoms with van der Waals surface area (Å²) in [6, 6.07) is 5.77. The highest BCUT2D eigenvalue weighted by molar-refractivity contribution is 9.10. The number of likely N-dealkylation sites (tertiary alicyclic amines) is 1. The molecule has 0 aliphatic carbocycles. The van der Waals surface area contributed by atoms with Gasteiger partial charge in [-0.1, -0.05) is 12.1 Å². The van der Waals surface area contributed by atoms with E-state index in [0.29, 0.717) is 5.75 Å². The monoisotopic (exact) mass is 312 g/mol. The van der Waals surface area contributed by atoms with Gasteiger partial charge >= 0.3 is 0 Å². The number of nitrogens with one attached hydrogen (secondary N) is 1. The first kappa shape index (κ1) is 13.8. The van der Waals surface area contributed by atoms with Gasteiger partial charge in [-0.2, -0.15) is 0 Å². The Labute approximate surface area is 117 Å². The average molecular weight is 313 g/mol. The zero-order valence-electron chi connectivity index (χ0n) is 10.8. The Morgan fingerprint density at radius 2 is 2.11 bits per heavy atom. The van der Waals surface area contributed by atoms with Crippen LogP contribution in [0.15, 0.2) is 22.7 Å². The number of phenolic OH excluding ortho intramolecular Hbond substituents is 1. The fraction of sp³-hybridized carbons (Fsp3) is 0.571. The number of hydrogen-bond acceptors (Lipinski definition) is 3. The van der Waals surface area contributed by atoms with Crippen molar-refractivity contribution < 1.29 is 5.11 Å². The van der Waals surface area contributed by atoms with Crippen molar-refractivity contribution in [1.29, 1.82) is 0 Å². The first-order valence-electron chi connectivity index (χ1n) is 6.52. The maximum atomic E-state index is 9.88. The molecule has 2 N–H and O–H groups in total. The van der Waals surface area contributed by atoms with Crippen LogP contribution in [0.4, 0.5) is 0 Å². The molecule has 0 radical (unpaired) electrons. The normalized spacial score (nSPS) is 18.1. The van der Waals surface area contributed by atoms with Crippen molar-refractivity contribution in [3.8, 4) is 5.75 Å². The van der Waals surface area contributed by atoms with E-state index in [9.17, 15) is 5.11 Å². The van der Waals surface area contributed by atoms with Crippen LogP contribution in [-0.2, 0) is 6.54 Å².